The molecule has 1 amide bonds. The van der Waals surface area contributed by atoms with Gasteiger partial charge in [0.05, 0.1) is 18.8 Å². The van der Waals surface area contributed by atoms with Crippen molar-refractivity contribution in [3.8, 4) is 11.5 Å². The number of aryl methyl sites for hydroxylation is 1. The van der Waals surface area contributed by atoms with E-state index >= 15 is 0 Å². The van der Waals surface area contributed by atoms with Gasteiger partial charge < -0.3 is 25.0 Å². The Morgan fingerprint density at radius 2 is 1.97 bits per heavy atom. The number of carbonyl (C=O) groups is 2. The Labute approximate surface area is 213 Å². The summed E-state index contributed by atoms with van der Waals surface area (Å²) in [5.41, 5.74) is 3.24. The molecular weight excluding hydrogens is 486 g/mol. The number of methoxy groups -OCH3 is 1. The molecule has 4 N–H and O–H groups in total. The molecule has 36 heavy (non-hydrogen) atoms. The first-order chi connectivity index (χ1) is 17.3. The van der Waals surface area contributed by atoms with Crippen LogP contribution in [0.1, 0.15) is 39.6 Å². The van der Waals surface area contributed by atoms with Gasteiger partial charge in [-0.1, -0.05) is 23.7 Å². The maximum atomic E-state index is 11.6. The van der Waals surface area contributed by atoms with E-state index in [1.165, 1.54) is 30.9 Å². The molecule has 10 heteroatoms. The lowest BCUT2D eigenvalue weighted by molar-refractivity contribution is 0.0696. The Kier molecular flexibility index (Phi) is 8.04. The number of aromatic nitrogens is 1. The van der Waals surface area contributed by atoms with E-state index in [1.54, 1.807) is 18.3 Å². The number of hydrogen-bond acceptors (Lipinski definition) is 7. The Hall–Kier alpha value is -3.66. The minimum Gasteiger partial charge on any atom is -0.478 e. The number of aromatic carboxylic acids is 1. The van der Waals surface area contributed by atoms with E-state index in [0.29, 0.717) is 23.0 Å². The van der Waals surface area contributed by atoms with Gasteiger partial charge in [0.15, 0.2) is 0 Å². The molecule has 0 saturated carbocycles. The minimum atomic E-state index is -1.15. The van der Waals surface area contributed by atoms with Crippen LogP contribution in [0.5, 0.6) is 11.5 Å². The first kappa shape index (κ1) is 25.4. The molecule has 0 unspecified atom stereocenters. The minimum absolute atomic E-state index is 0.0319. The monoisotopic (exact) mass is 511 g/mol. The zero-order valence-electron chi connectivity index (χ0n) is 19.5. The molecule has 0 bridgehead atoms. The predicted octanol–water partition coefficient (Wildman–Crippen LogP) is 4.58. The standard InChI is InChI=1S/C26H26ClN3O6/c1-35-26(34)30-20-9-18(25(32)33)11-22(12-20)36-21-6-3-15-2-5-19(8-17(15)10-21)28-14-23(31)16-4-7-24(27)29-13-16/h3-4,6-7,9-13,19,23,28,31H,2,5,8,14H2,1H3,(H,30,34)(H,32,33)/t19-,23-/m0/s1. The second kappa shape index (κ2) is 11.4. The third-order valence-electron chi connectivity index (χ3n) is 5.96. The van der Waals surface area contributed by atoms with E-state index in [2.05, 4.69) is 20.4 Å². The van der Waals surface area contributed by atoms with Crippen molar-refractivity contribution < 1.29 is 29.3 Å². The number of hydrogen-bond donors (Lipinski definition) is 4. The smallest absolute Gasteiger partial charge is 0.411 e. The number of benzene rings is 2. The molecule has 9 nitrogen and oxygen atoms in total. The third-order valence-corrected chi connectivity index (χ3v) is 6.19. The van der Waals surface area contributed by atoms with Crippen LogP contribution in [0.2, 0.25) is 5.15 Å². The molecule has 188 valence electrons. The van der Waals surface area contributed by atoms with Crippen LogP contribution < -0.4 is 15.4 Å². The summed E-state index contributed by atoms with van der Waals surface area (Å²) >= 11 is 5.82. The first-order valence-corrected chi connectivity index (χ1v) is 11.7. The van der Waals surface area contributed by atoms with Crippen molar-refractivity contribution in [3.05, 3.63) is 82.1 Å². The van der Waals surface area contributed by atoms with E-state index in [-0.39, 0.29) is 23.0 Å². The van der Waals surface area contributed by atoms with Crippen molar-refractivity contribution in [3.63, 3.8) is 0 Å². The van der Waals surface area contributed by atoms with E-state index in [0.717, 1.165) is 24.8 Å². The topological polar surface area (TPSA) is 130 Å². The number of fused-ring (bicyclic) bond motifs is 1. The number of carboxylic acid groups (broad SMARTS) is 1. The molecule has 1 aliphatic carbocycles. The van der Waals surface area contributed by atoms with Gasteiger partial charge >= 0.3 is 12.1 Å². The molecule has 2 atom stereocenters. The highest BCUT2D eigenvalue weighted by Crippen LogP contribution is 2.31. The average Bonchev–Trinajstić information content (AvgIpc) is 2.87. The molecule has 1 aromatic heterocycles. The summed E-state index contributed by atoms with van der Waals surface area (Å²) in [6.45, 7) is 0.386. The Morgan fingerprint density at radius 3 is 2.69 bits per heavy atom. The van der Waals surface area contributed by atoms with Crippen molar-refractivity contribution in [2.24, 2.45) is 0 Å². The molecule has 1 aliphatic rings. The van der Waals surface area contributed by atoms with Crippen LogP contribution in [0, 0.1) is 0 Å². The molecular formula is C26H26ClN3O6. The fraction of sp³-hybridized carbons (Fsp3) is 0.269. The van der Waals surface area contributed by atoms with Crippen LogP contribution in [-0.4, -0.2) is 47.0 Å². The quantitative estimate of drug-likeness (QED) is 0.323. The highest BCUT2D eigenvalue weighted by molar-refractivity contribution is 6.29. The third kappa shape index (κ3) is 6.51. The molecule has 0 fully saturated rings. The van der Waals surface area contributed by atoms with Crippen LogP contribution in [0.25, 0.3) is 0 Å². The van der Waals surface area contributed by atoms with E-state index < -0.39 is 18.2 Å². The number of nitrogens with one attached hydrogen (secondary N) is 2. The zero-order chi connectivity index (χ0) is 25.7. The number of aliphatic hydroxyl groups excluding tert-OH is 1. The van der Waals surface area contributed by atoms with Crippen molar-refractivity contribution >= 4 is 29.4 Å². The van der Waals surface area contributed by atoms with Crippen molar-refractivity contribution in [1.29, 1.82) is 0 Å². The second-order valence-corrected chi connectivity index (χ2v) is 8.87. The Bertz CT molecular complexity index is 1250. The fourth-order valence-electron chi connectivity index (χ4n) is 4.11. The summed E-state index contributed by atoms with van der Waals surface area (Å²) in [5.74, 6) is -0.330. The number of rotatable bonds is 8. The number of anilines is 1. The molecule has 0 radical (unpaired) electrons. The van der Waals surface area contributed by atoms with Gasteiger partial charge in [-0.05, 0) is 60.7 Å². The maximum Gasteiger partial charge on any atom is 0.411 e. The number of ether oxygens (including phenoxy) is 2. The molecule has 2 aromatic carbocycles. The first-order valence-electron chi connectivity index (χ1n) is 11.4. The van der Waals surface area contributed by atoms with Crippen LogP contribution in [0.4, 0.5) is 10.5 Å². The Balaban J connectivity index is 1.43. The molecule has 4 rings (SSSR count). The van der Waals surface area contributed by atoms with E-state index in [1.807, 2.05) is 18.2 Å². The largest absolute Gasteiger partial charge is 0.478 e. The number of pyridine rings is 1. The van der Waals surface area contributed by atoms with Gasteiger partial charge in [0.2, 0.25) is 0 Å². The lowest BCUT2D eigenvalue weighted by atomic mass is 9.88. The van der Waals surface area contributed by atoms with Crippen LogP contribution >= 0.6 is 11.6 Å². The second-order valence-electron chi connectivity index (χ2n) is 8.48. The molecule has 0 saturated heterocycles. The van der Waals surface area contributed by atoms with Crippen LogP contribution in [0.3, 0.4) is 0 Å². The molecule has 3 aromatic rings. The van der Waals surface area contributed by atoms with Gasteiger partial charge in [0.1, 0.15) is 16.7 Å². The number of carbonyl (C=O) groups excluding carboxylic acids is 1. The van der Waals surface area contributed by atoms with E-state index in [9.17, 15) is 19.8 Å². The average molecular weight is 512 g/mol. The number of halogens is 1. The van der Waals surface area contributed by atoms with Crippen LogP contribution in [0.15, 0.2) is 54.7 Å². The highest BCUT2D eigenvalue weighted by Gasteiger charge is 2.21. The number of aliphatic hydroxyl groups is 1. The summed E-state index contributed by atoms with van der Waals surface area (Å²) in [5, 5.41) is 26.1. The number of amides is 1. The van der Waals surface area contributed by atoms with Gasteiger partial charge in [-0.15, -0.1) is 0 Å². The summed E-state index contributed by atoms with van der Waals surface area (Å²) < 4.78 is 10.5. The van der Waals surface area contributed by atoms with Crippen molar-refractivity contribution in [1.82, 2.24) is 10.3 Å². The van der Waals surface area contributed by atoms with Gasteiger partial charge in [0, 0.05) is 36.1 Å². The lowest BCUT2D eigenvalue weighted by Crippen LogP contribution is -2.37. The van der Waals surface area contributed by atoms with Gasteiger partial charge in [-0.2, -0.15) is 0 Å². The van der Waals surface area contributed by atoms with Gasteiger partial charge in [0.25, 0.3) is 0 Å². The zero-order valence-corrected chi connectivity index (χ0v) is 20.3. The van der Waals surface area contributed by atoms with Crippen molar-refractivity contribution in [2.75, 3.05) is 19.0 Å². The van der Waals surface area contributed by atoms with Gasteiger partial charge in [-0.25, -0.2) is 14.6 Å². The van der Waals surface area contributed by atoms with Crippen LogP contribution in [-0.2, 0) is 17.6 Å². The number of carboxylic acids is 1. The molecule has 0 spiro atoms. The predicted molar refractivity (Wildman–Crippen MR) is 134 cm³/mol. The summed E-state index contributed by atoms with van der Waals surface area (Å²) in [6.07, 6.45) is 2.73. The highest BCUT2D eigenvalue weighted by atomic mass is 35.5. The lowest BCUT2D eigenvalue weighted by Gasteiger charge is -2.27. The summed E-state index contributed by atoms with van der Waals surface area (Å²) in [6, 6.07) is 13.6. The molecule has 0 aliphatic heterocycles. The molecule has 1 heterocycles. The number of nitrogens with zero attached hydrogens (tertiary/aromatic N) is 1. The Morgan fingerprint density at radius 1 is 1.14 bits per heavy atom. The van der Waals surface area contributed by atoms with Crippen molar-refractivity contribution in [2.45, 2.75) is 31.4 Å². The fourth-order valence-corrected chi connectivity index (χ4v) is 4.22. The SMILES string of the molecule is COC(=O)Nc1cc(Oc2ccc3c(c2)C[C@@H](NC[C@H](O)c2ccc(Cl)nc2)CC3)cc(C(=O)O)c1. The normalized spacial score (nSPS) is 15.5. The van der Waals surface area contributed by atoms with E-state index in [4.69, 9.17) is 16.3 Å². The van der Waals surface area contributed by atoms with Gasteiger partial charge in [-0.3, -0.25) is 5.32 Å². The maximum absolute atomic E-state index is 11.6. The summed E-state index contributed by atoms with van der Waals surface area (Å²) in [7, 11) is 1.22. The summed E-state index contributed by atoms with van der Waals surface area (Å²) in [4.78, 5) is 27.1.